The van der Waals surface area contributed by atoms with Gasteiger partial charge in [0.1, 0.15) is 0 Å². The van der Waals surface area contributed by atoms with E-state index in [-0.39, 0.29) is 51.0 Å². The van der Waals surface area contributed by atoms with E-state index in [0.29, 0.717) is 0 Å². The van der Waals surface area contributed by atoms with E-state index in [1.54, 1.807) is 23.1 Å². The molecule has 0 aliphatic heterocycles. The van der Waals surface area contributed by atoms with E-state index in [9.17, 15) is 0 Å². The van der Waals surface area contributed by atoms with E-state index in [1.165, 1.54) is 9.77 Å². The van der Waals surface area contributed by atoms with Crippen LogP contribution in [0.1, 0.15) is 4.88 Å². The van der Waals surface area contributed by atoms with Crippen molar-refractivity contribution in [3.05, 3.63) is 46.7 Å². The Bertz CT molecular complexity index is 461. The van der Waals surface area contributed by atoms with Gasteiger partial charge in [0.05, 0.1) is 5.69 Å². The molecule has 0 N–H and O–H groups in total. The van der Waals surface area contributed by atoms with Gasteiger partial charge < -0.3 is 34.0 Å². The van der Waals surface area contributed by atoms with Crippen molar-refractivity contribution in [2.45, 2.75) is 4.90 Å². The number of thiophene rings is 1. The van der Waals surface area contributed by atoms with Crippen molar-refractivity contribution in [1.82, 2.24) is 0 Å². The monoisotopic (exact) mass is 454 g/mol. The predicted molar refractivity (Wildman–Crippen MR) is 69.8 cm³/mol. The minimum atomic E-state index is 0. The third-order valence-electron chi connectivity index (χ3n) is 1.96. The van der Waals surface area contributed by atoms with E-state index >= 15 is 0 Å². The van der Waals surface area contributed by atoms with Crippen LogP contribution in [-0.4, -0.2) is 12.5 Å². The molecule has 0 fully saturated rings. The summed E-state index contributed by atoms with van der Waals surface area (Å²) in [6.45, 7) is 0. The molecule has 18 heavy (non-hydrogen) atoms. The van der Waals surface area contributed by atoms with Gasteiger partial charge in [-0.3, -0.25) is 4.99 Å². The maximum Gasteiger partial charge on any atom is 2.00 e. The second-order valence-corrected chi connectivity index (χ2v) is 4.77. The summed E-state index contributed by atoms with van der Waals surface area (Å²) < 4.78 is 0. The fraction of sp³-hybridized carbons (Fsp3) is 0.0833. The fourth-order valence-electron chi connectivity index (χ4n) is 1.23. The number of aliphatic imine (C=N–C) groups is 1. The van der Waals surface area contributed by atoms with Gasteiger partial charge in [0.25, 0.3) is 0 Å². The van der Waals surface area contributed by atoms with E-state index in [1.807, 2.05) is 30.5 Å². The first kappa shape index (κ1) is 20.7. The number of hydrogen-bond acceptors (Lipinski definition) is 3. The number of para-hydroxylation sites is 1. The molecule has 0 spiro atoms. The normalized spacial score (nSPS) is 9.17. The summed E-state index contributed by atoms with van der Waals surface area (Å²) in [5.74, 6) is 0. The molecule has 0 unspecified atom stereocenters. The number of thioether (sulfide) groups is 1. The summed E-state index contributed by atoms with van der Waals surface area (Å²) in [6.07, 6.45) is 3.99. The molecule has 0 aliphatic rings. The van der Waals surface area contributed by atoms with Gasteiger partial charge in [-0.1, -0.05) is 18.2 Å². The summed E-state index contributed by atoms with van der Waals surface area (Å²) in [4.78, 5) is 6.88. The fourth-order valence-corrected chi connectivity index (χ4v) is 2.36. The van der Waals surface area contributed by atoms with Crippen molar-refractivity contribution in [3.63, 3.8) is 0 Å². The molecule has 1 heterocycles. The topological polar surface area (TPSA) is 12.4 Å². The Labute approximate surface area is 147 Å². The second kappa shape index (κ2) is 11.3. The minimum absolute atomic E-state index is 0. The molecule has 2 rings (SSSR count). The van der Waals surface area contributed by atoms with Gasteiger partial charge in [0.15, 0.2) is 0 Å². The maximum atomic E-state index is 4.48. The molecule has 2 aromatic rings. The van der Waals surface area contributed by atoms with Crippen molar-refractivity contribution >= 4 is 35.0 Å². The predicted octanol–water partition coefficient (Wildman–Crippen LogP) is -1.77. The second-order valence-electron chi connectivity index (χ2n) is 2.95. The number of halogens is 2. The Morgan fingerprint density at radius 1 is 1.11 bits per heavy atom. The summed E-state index contributed by atoms with van der Waals surface area (Å²) in [7, 11) is 0. The van der Waals surface area contributed by atoms with Crippen LogP contribution in [0.5, 0.6) is 0 Å². The van der Waals surface area contributed by atoms with Gasteiger partial charge in [-0.25, -0.2) is 0 Å². The van der Waals surface area contributed by atoms with Crippen LogP contribution in [-0.2, 0) is 17.1 Å². The molecule has 0 bridgehead atoms. The molecule has 1 radical (unpaired) electrons. The van der Waals surface area contributed by atoms with Crippen LogP contribution in [0.25, 0.3) is 0 Å². The third-order valence-corrected chi connectivity index (χ3v) is 3.55. The van der Waals surface area contributed by atoms with E-state index in [4.69, 9.17) is 0 Å². The van der Waals surface area contributed by atoms with E-state index in [0.717, 1.165) is 5.69 Å². The van der Waals surface area contributed by atoms with E-state index in [2.05, 4.69) is 28.8 Å². The molecule has 0 amide bonds. The van der Waals surface area contributed by atoms with Crippen LogP contribution in [0.4, 0.5) is 5.69 Å². The minimum Gasteiger partial charge on any atom is -1.00 e. The Kier molecular flexibility index (Phi) is 13.0. The molecule has 101 valence electrons. The van der Waals surface area contributed by atoms with Gasteiger partial charge in [0, 0.05) is 16.0 Å². The van der Waals surface area contributed by atoms with Gasteiger partial charge in [0.2, 0.25) is 0 Å². The number of hydrogen-bond donors (Lipinski definition) is 0. The van der Waals surface area contributed by atoms with Crippen LogP contribution in [0, 0.1) is 0 Å². The quantitative estimate of drug-likeness (QED) is 0.303. The molecular weight excluding hydrogens is 446 g/mol. The first-order valence-electron chi connectivity index (χ1n) is 4.61. The molecule has 0 saturated heterocycles. The van der Waals surface area contributed by atoms with Crippen LogP contribution < -0.4 is 34.0 Å². The molecule has 6 heteroatoms. The zero-order valence-corrected chi connectivity index (χ0v) is 15.2. The molecule has 0 aliphatic carbocycles. The Morgan fingerprint density at radius 2 is 1.83 bits per heavy atom. The summed E-state index contributed by atoms with van der Waals surface area (Å²) in [5.41, 5.74) is 1.04. The van der Waals surface area contributed by atoms with E-state index < -0.39 is 0 Å². The smallest absolute Gasteiger partial charge is 1.00 e. The van der Waals surface area contributed by atoms with Crippen LogP contribution in [0.3, 0.4) is 0 Å². The van der Waals surface area contributed by atoms with Crippen molar-refractivity contribution in [3.8, 4) is 0 Å². The summed E-state index contributed by atoms with van der Waals surface area (Å²) >= 11 is 3.42. The van der Waals surface area contributed by atoms with Gasteiger partial charge in [-0.05, 0) is 29.8 Å². The third kappa shape index (κ3) is 6.04. The Hall–Kier alpha value is 0.419. The number of benzene rings is 1. The van der Waals surface area contributed by atoms with Crippen molar-refractivity contribution in [2.75, 3.05) is 6.26 Å². The standard InChI is InChI=1S/C12H11NS2.2BrH.Cu/c1-14-12-7-3-2-6-11(12)13-9-10-5-4-8-15-10;;;/h2-9H,1H3;2*1H;/q;;;+2/p-2. The summed E-state index contributed by atoms with van der Waals surface area (Å²) in [5, 5.41) is 2.06. The molecule has 1 aromatic carbocycles. The van der Waals surface area contributed by atoms with Crippen molar-refractivity contribution in [2.24, 2.45) is 4.99 Å². The zero-order valence-electron chi connectivity index (χ0n) is 9.44. The Balaban J connectivity index is 0. The zero-order chi connectivity index (χ0) is 10.5. The molecule has 1 nitrogen and oxygen atoms in total. The van der Waals surface area contributed by atoms with Crippen molar-refractivity contribution < 1.29 is 51.0 Å². The number of rotatable bonds is 3. The van der Waals surface area contributed by atoms with Crippen LogP contribution in [0.15, 0.2) is 51.7 Å². The van der Waals surface area contributed by atoms with Crippen molar-refractivity contribution in [1.29, 1.82) is 0 Å². The molecule has 0 atom stereocenters. The van der Waals surface area contributed by atoms with Gasteiger partial charge >= 0.3 is 17.1 Å². The number of nitrogens with zero attached hydrogens (tertiary/aromatic N) is 1. The largest absolute Gasteiger partial charge is 2.00 e. The summed E-state index contributed by atoms with van der Waals surface area (Å²) in [6, 6.07) is 12.3. The average molecular weight is 457 g/mol. The van der Waals surface area contributed by atoms with Gasteiger partial charge in [-0.15, -0.1) is 23.1 Å². The molecular formula is C12H11Br2CuNS2. The Morgan fingerprint density at radius 3 is 2.44 bits per heavy atom. The molecule has 1 aromatic heterocycles. The van der Waals surface area contributed by atoms with Crippen LogP contribution >= 0.6 is 23.1 Å². The maximum absolute atomic E-state index is 4.48. The average Bonchev–Trinajstić information content (AvgIpc) is 2.79. The van der Waals surface area contributed by atoms with Gasteiger partial charge in [-0.2, -0.15) is 0 Å². The molecule has 0 saturated carbocycles. The van der Waals surface area contributed by atoms with Crippen LogP contribution in [0.2, 0.25) is 0 Å². The first-order valence-corrected chi connectivity index (χ1v) is 6.71. The SMILES string of the molecule is CSc1ccccc1N=Cc1cccs1.[Br-].[Br-].[Cu+2]. The first-order chi connectivity index (χ1) is 7.40.